The Balaban J connectivity index is 2.11. The number of carboxylic acid groups (broad SMARTS) is 1. The average Bonchev–Trinajstić information content (AvgIpc) is 2.58. The van der Waals surface area contributed by atoms with E-state index in [1.165, 1.54) is 24.3 Å². The summed E-state index contributed by atoms with van der Waals surface area (Å²) in [6, 6.07) is 14.4. The molecule has 0 aliphatic rings. The monoisotopic (exact) mass is 404 g/mol. The number of amides is 1. The average molecular weight is 404 g/mol. The first kappa shape index (κ1) is 21.6. The molecule has 3 N–H and O–H groups in total. The molecule has 0 aromatic heterocycles. The van der Waals surface area contributed by atoms with Crippen LogP contribution in [0.4, 0.5) is 5.69 Å². The van der Waals surface area contributed by atoms with Crippen LogP contribution in [0.25, 0.3) is 0 Å². The van der Waals surface area contributed by atoms with E-state index in [-0.39, 0.29) is 11.3 Å². The van der Waals surface area contributed by atoms with Gasteiger partial charge >= 0.3 is 5.97 Å². The standard InChI is InChI=1S/C20H24N2O5S/c1-20(2,3)22-28(26,27)16-11-9-15(10-12-16)21-18(23)17(19(24)25)13-14-7-5-4-6-8-14/h4-12,17,22H,13H2,1-3H3,(H,21,23)(H,24,25). The summed E-state index contributed by atoms with van der Waals surface area (Å²) in [5, 5.41) is 11.9. The third-order valence-electron chi connectivity index (χ3n) is 3.77. The van der Waals surface area contributed by atoms with E-state index in [1.54, 1.807) is 45.0 Å². The van der Waals surface area contributed by atoms with Gasteiger partial charge in [0.15, 0.2) is 0 Å². The Labute approximate surface area is 164 Å². The number of sulfonamides is 1. The van der Waals surface area contributed by atoms with Crippen molar-refractivity contribution in [3.8, 4) is 0 Å². The maximum atomic E-state index is 12.4. The van der Waals surface area contributed by atoms with Crippen LogP contribution in [0.2, 0.25) is 0 Å². The molecule has 8 heteroatoms. The van der Waals surface area contributed by atoms with Gasteiger partial charge in [-0.1, -0.05) is 30.3 Å². The van der Waals surface area contributed by atoms with Gasteiger partial charge in [0.1, 0.15) is 5.92 Å². The highest BCUT2D eigenvalue weighted by atomic mass is 32.2. The molecular formula is C20H24N2O5S. The summed E-state index contributed by atoms with van der Waals surface area (Å²) >= 11 is 0. The second-order valence-corrected chi connectivity index (χ2v) is 9.13. The van der Waals surface area contributed by atoms with Crippen molar-refractivity contribution in [1.82, 2.24) is 4.72 Å². The molecule has 0 fully saturated rings. The number of hydrogen-bond acceptors (Lipinski definition) is 4. The Hall–Kier alpha value is -2.71. The van der Waals surface area contributed by atoms with Crippen LogP contribution in [0.3, 0.4) is 0 Å². The van der Waals surface area contributed by atoms with Gasteiger partial charge in [-0.25, -0.2) is 13.1 Å². The van der Waals surface area contributed by atoms with Gasteiger partial charge in [0.05, 0.1) is 4.90 Å². The molecule has 7 nitrogen and oxygen atoms in total. The zero-order chi connectivity index (χ0) is 20.9. The Kier molecular flexibility index (Phi) is 6.58. The van der Waals surface area contributed by atoms with Crippen molar-refractivity contribution in [3.05, 3.63) is 60.2 Å². The molecule has 0 radical (unpaired) electrons. The van der Waals surface area contributed by atoms with Crippen molar-refractivity contribution in [3.63, 3.8) is 0 Å². The van der Waals surface area contributed by atoms with Gasteiger partial charge in [0, 0.05) is 11.2 Å². The number of carboxylic acids is 1. The fourth-order valence-electron chi connectivity index (χ4n) is 2.55. The maximum Gasteiger partial charge on any atom is 0.316 e. The van der Waals surface area contributed by atoms with Crippen molar-refractivity contribution in [1.29, 1.82) is 0 Å². The van der Waals surface area contributed by atoms with E-state index in [0.29, 0.717) is 5.69 Å². The third kappa shape index (κ3) is 6.17. The zero-order valence-corrected chi connectivity index (χ0v) is 16.8. The van der Waals surface area contributed by atoms with E-state index in [0.717, 1.165) is 5.56 Å². The highest BCUT2D eigenvalue weighted by Crippen LogP contribution is 2.18. The third-order valence-corrected chi connectivity index (χ3v) is 5.54. The summed E-state index contributed by atoms with van der Waals surface area (Å²) in [5.41, 5.74) is 0.427. The van der Waals surface area contributed by atoms with Gasteiger partial charge in [-0.15, -0.1) is 0 Å². The lowest BCUT2D eigenvalue weighted by atomic mass is 9.98. The molecule has 2 aromatic rings. The van der Waals surface area contributed by atoms with Crippen LogP contribution in [0.15, 0.2) is 59.5 Å². The van der Waals surface area contributed by atoms with Crippen molar-refractivity contribution in [2.75, 3.05) is 5.32 Å². The van der Waals surface area contributed by atoms with Gasteiger partial charge in [-0.3, -0.25) is 9.59 Å². The number of rotatable bonds is 7. The van der Waals surface area contributed by atoms with Crippen LogP contribution in [-0.2, 0) is 26.0 Å². The number of hydrogen-bond donors (Lipinski definition) is 3. The van der Waals surface area contributed by atoms with Gasteiger partial charge in [-0.2, -0.15) is 0 Å². The molecule has 150 valence electrons. The van der Waals surface area contributed by atoms with Gasteiger partial charge in [0.25, 0.3) is 0 Å². The normalized spacial score (nSPS) is 13.0. The van der Waals surface area contributed by atoms with E-state index in [4.69, 9.17) is 0 Å². The molecule has 1 amide bonds. The maximum absolute atomic E-state index is 12.4. The Bertz CT molecular complexity index is 933. The summed E-state index contributed by atoms with van der Waals surface area (Å²) in [6.45, 7) is 5.20. The van der Waals surface area contributed by atoms with Crippen LogP contribution in [0, 0.1) is 5.92 Å². The fraction of sp³-hybridized carbons (Fsp3) is 0.300. The molecule has 2 aromatic carbocycles. The largest absolute Gasteiger partial charge is 0.481 e. The SMILES string of the molecule is CC(C)(C)NS(=O)(=O)c1ccc(NC(=O)C(Cc2ccccc2)C(=O)O)cc1. The smallest absolute Gasteiger partial charge is 0.316 e. The minimum atomic E-state index is -3.69. The van der Waals surface area contributed by atoms with Crippen LogP contribution in [0.5, 0.6) is 0 Å². The lowest BCUT2D eigenvalue weighted by molar-refractivity contribution is -0.145. The summed E-state index contributed by atoms with van der Waals surface area (Å²) in [4.78, 5) is 24.0. The Morgan fingerprint density at radius 2 is 1.57 bits per heavy atom. The number of nitrogens with one attached hydrogen (secondary N) is 2. The highest BCUT2D eigenvalue weighted by molar-refractivity contribution is 7.89. The van der Waals surface area contributed by atoms with Crippen molar-refractivity contribution < 1.29 is 23.1 Å². The number of carbonyl (C=O) groups excluding carboxylic acids is 1. The van der Waals surface area contributed by atoms with Crippen LogP contribution < -0.4 is 10.0 Å². The Morgan fingerprint density at radius 3 is 2.07 bits per heavy atom. The number of carbonyl (C=O) groups is 2. The molecule has 2 rings (SSSR count). The summed E-state index contributed by atoms with van der Waals surface area (Å²) in [7, 11) is -3.69. The summed E-state index contributed by atoms with van der Waals surface area (Å²) < 4.78 is 27.2. The first-order chi connectivity index (χ1) is 13.0. The van der Waals surface area contributed by atoms with Crippen molar-refractivity contribution in [2.45, 2.75) is 37.6 Å². The number of benzene rings is 2. The molecule has 28 heavy (non-hydrogen) atoms. The lowest BCUT2D eigenvalue weighted by Gasteiger charge is -2.20. The fourth-order valence-corrected chi connectivity index (χ4v) is 3.97. The number of aliphatic carboxylic acids is 1. The highest BCUT2D eigenvalue weighted by Gasteiger charge is 2.27. The first-order valence-corrected chi connectivity index (χ1v) is 10.2. The van der Waals surface area contributed by atoms with Crippen molar-refractivity contribution in [2.24, 2.45) is 5.92 Å². The van der Waals surface area contributed by atoms with E-state index in [2.05, 4.69) is 10.0 Å². The molecule has 0 saturated heterocycles. The quantitative estimate of drug-likeness (QED) is 0.614. The van der Waals surface area contributed by atoms with E-state index < -0.39 is 33.4 Å². The van der Waals surface area contributed by atoms with Crippen LogP contribution in [0.1, 0.15) is 26.3 Å². The van der Waals surface area contributed by atoms with Gasteiger partial charge in [0.2, 0.25) is 15.9 Å². The predicted molar refractivity (Wildman–Crippen MR) is 106 cm³/mol. The molecule has 0 heterocycles. The van der Waals surface area contributed by atoms with E-state index >= 15 is 0 Å². The summed E-state index contributed by atoms with van der Waals surface area (Å²) in [6.07, 6.45) is 0.0595. The molecule has 0 aliphatic carbocycles. The molecule has 1 unspecified atom stereocenters. The molecule has 0 aliphatic heterocycles. The van der Waals surface area contributed by atoms with Crippen LogP contribution >= 0.6 is 0 Å². The summed E-state index contributed by atoms with van der Waals surface area (Å²) in [5.74, 6) is -3.15. The minimum Gasteiger partial charge on any atom is -0.481 e. The number of anilines is 1. The molecular weight excluding hydrogens is 380 g/mol. The zero-order valence-electron chi connectivity index (χ0n) is 16.0. The molecule has 0 bridgehead atoms. The second-order valence-electron chi connectivity index (χ2n) is 7.45. The lowest BCUT2D eigenvalue weighted by Crippen LogP contribution is -2.40. The Morgan fingerprint density at radius 1 is 1.00 bits per heavy atom. The van der Waals surface area contributed by atoms with E-state index in [1.807, 2.05) is 6.07 Å². The van der Waals surface area contributed by atoms with Crippen LogP contribution in [-0.4, -0.2) is 30.9 Å². The van der Waals surface area contributed by atoms with Crippen molar-refractivity contribution >= 4 is 27.6 Å². The molecule has 1 atom stereocenters. The van der Waals surface area contributed by atoms with Gasteiger partial charge in [-0.05, 0) is 57.0 Å². The predicted octanol–water partition coefficient (Wildman–Crippen LogP) is 2.65. The topological polar surface area (TPSA) is 113 Å². The van der Waals surface area contributed by atoms with E-state index in [9.17, 15) is 23.1 Å². The second kappa shape index (κ2) is 8.53. The van der Waals surface area contributed by atoms with Gasteiger partial charge < -0.3 is 10.4 Å². The minimum absolute atomic E-state index is 0.0551. The molecule has 0 spiro atoms. The molecule has 0 saturated carbocycles. The first-order valence-electron chi connectivity index (χ1n) is 8.69.